The molecule has 42 heavy (non-hydrogen) atoms. The molecule has 1 atom stereocenters. The third kappa shape index (κ3) is 5.98. The molecule has 218 valence electrons. The van der Waals surface area contributed by atoms with Crippen molar-refractivity contribution in [3.8, 4) is 28.4 Å². The van der Waals surface area contributed by atoms with E-state index >= 15 is 0 Å². The Morgan fingerprint density at radius 1 is 1.07 bits per heavy atom. The number of nitrogens with zero attached hydrogens (tertiary/aromatic N) is 3. The van der Waals surface area contributed by atoms with Gasteiger partial charge in [0.25, 0.3) is 0 Å². The van der Waals surface area contributed by atoms with Crippen LogP contribution in [0.25, 0.3) is 16.9 Å². The van der Waals surface area contributed by atoms with E-state index in [2.05, 4.69) is 5.32 Å². The Bertz CT molecular complexity index is 1600. The molecule has 0 aliphatic carbocycles. The largest absolute Gasteiger partial charge is 0.497 e. The number of anilines is 1. The second kappa shape index (κ2) is 12.5. The molecule has 5 rings (SSSR count). The highest BCUT2D eigenvalue weighted by molar-refractivity contribution is 8.00. The summed E-state index contributed by atoms with van der Waals surface area (Å²) in [7, 11) is 3.24. The minimum Gasteiger partial charge on any atom is -0.497 e. The summed E-state index contributed by atoms with van der Waals surface area (Å²) in [6.07, 6.45) is 0. The first-order valence-electron chi connectivity index (χ1n) is 13.6. The van der Waals surface area contributed by atoms with Gasteiger partial charge in [-0.25, -0.2) is 4.68 Å². The van der Waals surface area contributed by atoms with Crippen LogP contribution in [0, 0.1) is 6.92 Å². The topological polar surface area (TPSA) is 85.7 Å². The molecule has 0 bridgehead atoms. The monoisotopic (exact) mass is 604 g/mol. The molecule has 2 heterocycles. The van der Waals surface area contributed by atoms with Gasteiger partial charge in [-0.3, -0.25) is 14.5 Å². The van der Waals surface area contributed by atoms with Crippen LogP contribution in [0.15, 0.2) is 66.7 Å². The van der Waals surface area contributed by atoms with Crippen LogP contribution in [0.5, 0.6) is 11.5 Å². The second-order valence-electron chi connectivity index (χ2n) is 10.3. The van der Waals surface area contributed by atoms with Crippen molar-refractivity contribution < 1.29 is 19.1 Å². The van der Waals surface area contributed by atoms with Gasteiger partial charge in [0, 0.05) is 27.8 Å². The lowest BCUT2D eigenvalue weighted by Crippen LogP contribution is -2.44. The van der Waals surface area contributed by atoms with Gasteiger partial charge < -0.3 is 14.8 Å². The molecular formula is C32H33ClN4O4S. The molecule has 0 saturated heterocycles. The third-order valence-electron chi connectivity index (χ3n) is 6.96. The normalized spacial score (nSPS) is 14.9. The smallest absolute Gasteiger partial charge is 0.240 e. The molecule has 3 aromatic carbocycles. The van der Waals surface area contributed by atoms with E-state index in [9.17, 15) is 9.59 Å². The molecule has 0 unspecified atom stereocenters. The first-order chi connectivity index (χ1) is 20.2. The summed E-state index contributed by atoms with van der Waals surface area (Å²) in [5, 5.41) is 8.28. The first-order valence-corrected chi connectivity index (χ1v) is 15.0. The Hall–Kier alpha value is -3.95. The van der Waals surface area contributed by atoms with Crippen LogP contribution in [-0.4, -0.2) is 54.2 Å². The zero-order chi connectivity index (χ0) is 30.0. The van der Waals surface area contributed by atoms with Gasteiger partial charge in [-0.05, 0) is 63.2 Å². The third-order valence-corrected chi connectivity index (χ3v) is 8.44. The van der Waals surface area contributed by atoms with E-state index < -0.39 is 0 Å². The number of aromatic nitrogens is 2. The highest BCUT2D eigenvalue weighted by Gasteiger charge is 2.39. The summed E-state index contributed by atoms with van der Waals surface area (Å²) >= 11 is 7.73. The van der Waals surface area contributed by atoms with Gasteiger partial charge in [0.1, 0.15) is 23.9 Å². The van der Waals surface area contributed by atoms with E-state index in [1.54, 1.807) is 23.8 Å². The lowest BCUT2D eigenvalue weighted by molar-refractivity contribution is -0.123. The minimum atomic E-state index is -0.378. The minimum absolute atomic E-state index is 0.0751. The summed E-state index contributed by atoms with van der Waals surface area (Å²) < 4.78 is 13.2. The lowest BCUT2D eigenvalue weighted by atomic mass is 9.98. The van der Waals surface area contributed by atoms with Crippen LogP contribution in [0.2, 0.25) is 5.02 Å². The summed E-state index contributed by atoms with van der Waals surface area (Å²) in [5.41, 5.74) is 4.99. The predicted molar refractivity (Wildman–Crippen MR) is 168 cm³/mol. The number of ether oxygens (including phenoxy) is 2. The van der Waals surface area contributed by atoms with Gasteiger partial charge in [0.2, 0.25) is 11.8 Å². The van der Waals surface area contributed by atoms with E-state index in [1.165, 1.54) is 11.8 Å². The average Bonchev–Trinajstić information content (AvgIpc) is 3.29. The molecule has 1 aliphatic heterocycles. The van der Waals surface area contributed by atoms with E-state index in [-0.39, 0.29) is 35.4 Å². The molecule has 1 aromatic heterocycles. The van der Waals surface area contributed by atoms with Crippen molar-refractivity contribution in [3.63, 3.8) is 0 Å². The van der Waals surface area contributed by atoms with E-state index in [1.807, 2.05) is 87.5 Å². The summed E-state index contributed by atoms with van der Waals surface area (Å²) in [5.74, 6) is 1.55. The molecule has 10 heteroatoms. The number of halogens is 1. The second-order valence-corrected chi connectivity index (χ2v) is 11.9. The van der Waals surface area contributed by atoms with Gasteiger partial charge in [-0.2, -0.15) is 5.10 Å². The van der Waals surface area contributed by atoms with Crippen molar-refractivity contribution in [3.05, 3.63) is 88.4 Å². The van der Waals surface area contributed by atoms with Crippen molar-refractivity contribution in [2.75, 3.05) is 31.4 Å². The molecule has 0 fully saturated rings. The van der Waals surface area contributed by atoms with E-state index in [0.717, 1.165) is 27.9 Å². The highest BCUT2D eigenvalue weighted by atomic mass is 35.5. The number of carbonyl (C=O) groups is 2. The standard InChI is InChI=1S/C32H33ClN4O4S/c1-19(2)34-27(38)17-36-28(39)18-42-31(25-16-24(40-4)14-15-26(25)41-5)29-30(21-8-10-22(33)11-9-21)35-37(32(29)36)23-12-6-20(3)7-13-23/h6-16,19,31H,17-18H2,1-5H3,(H,34,38)/t31-/m0/s1. The van der Waals surface area contributed by atoms with Crippen LogP contribution in [0.3, 0.4) is 0 Å². The van der Waals surface area contributed by atoms with Gasteiger partial charge >= 0.3 is 0 Å². The SMILES string of the molecule is COc1ccc(OC)c([C@@H]2SCC(=O)N(CC(=O)NC(C)C)c3c2c(-c2ccc(Cl)cc2)nn3-c2ccc(C)cc2)c1. The van der Waals surface area contributed by atoms with Crippen LogP contribution in [0.1, 0.15) is 35.8 Å². The maximum absolute atomic E-state index is 13.9. The van der Waals surface area contributed by atoms with Crippen molar-refractivity contribution in [1.82, 2.24) is 15.1 Å². The number of hydrogen-bond donors (Lipinski definition) is 1. The number of fused-ring (bicyclic) bond motifs is 1. The Kier molecular flexibility index (Phi) is 8.80. The van der Waals surface area contributed by atoms with Crippen LogP contribution in [-0.2, 0) is 9.59 Å². The Balaban J connectivity index is 1.84. The van der Waals surface area contributed by atoms with Crippen molar-refractivity contribution in [2.24, 2.45) is 0 Å². The molecule has 1 aliphatic rings. The number of methoxy groups -OCH3 is 2. The highest BCUT2D eigenvalue weighted by Crippen LogP contribution is 2.51. The Morgan fingerprint density at radius 3 is 2.43 bits per heavy atom. The maximum atomic E-state index is 13.9. The number of hydrogen-bond acceptors (Lipinski definition) is 6. The summed E-state index contributed by atoms with van der Waals surface area (Å²) in [4.78, 5) is 28.6. The number of amides is 2. The molecule has 0 saturated carbocycles. The average molecular weight is 605 g/mol. The predicted octanol–water partition coefficient (Wildman–Crippen LogP) is 6.21. The molecule has 1 N–H and O–H groups in total. The summed E-state index contributed by atoms with van der Waals surface area (Å²) in [6.45, 7) is 5.65. The van der Waals surface area contributed by atoms with E-state index in [4.69, 9.17) is 26.2 Å². The molecule has 8 nitrogen and oxygen atoms in total. The number of rotatable bonds is 8. The fourth-order valence-corrected chi connectivity index (χ4v) is 6.35. The zero-order valence-electron chi connectivity index (χ0n) is 24.2. The van der Waals surface area contributed by atoms with E-state index in [0.29, 0.717) is 28.0 Å². The fourth-order valence-electron chi connectivity index (χ4n) is 5.01. The summed E-state index contributed by atoms with van der Waals surface area (Å²) in [6, 6.07) is 20.9. The molecule has 2 amide bonds. The Morgan fingerprint density at radius 2 is 1.79 bits per heavy atom. The molecule has 0 spiro atoms. The zero-order valence-corrected chi connectivity index (χ0v) is 25.8. The number of carbonyl (C=O) groups excluding carboxylic acids is 2. The number of nitrogens with one attached hydrogen (secondary N) is 1. The molecule has 4 aromatic rings. The first kappa shape index (κ1) is 29.5. The van der Waals surface area contributed by atoms with Crippen LogP contribution >= 0.6 is 23.4 Å². The van der Waals surface area contributed by atoms with Crippen LogP contribution < -0.4 is 19.7 Å². The number of benzene rings is 3. The van der Waals surface area contributed by atoms with Gasteiger partial charge in [-0.15, -0.1) is 11.8 Å². The lowest BCUT2D eigenvalue weighted by Gasteiger charge is -2.24. The fraction of sp³-hybridized carbons (Fsp3) is 0.281. The number of thioether (sulfide) groups is 1. The Labute approximate surface area is 255 Å². The van der Waals surface area contributed by atoms with Crippen molar-refractivity contribution in [1.29, 1.82) is 0 Å². The van der Waals surface area contributed by atoms with Crippen molar-refractivity contribution in [2.45, 2.75) is 32.1 Å². The number of aryl methyl sites for hydroxylation is 1. The molecule has 0 radical (unpaired) electrons. The molecular weight excluding hydrogens is 572 g/mol. The maximum Gasteiger partial charge on any atom is 0.240 e. The quantitative estimate of drug-likeness (QED) is 0.257. The van der Waals surface area contributed by atoms with Gasteiger partial charge in [0.15, 0.2) is 0 Å². The van der Waals surface area contributed by atoms with Crippen molar-refractivity contribution >= 4 is 41.0 Å². The van der Waals surface area contributed by atoms with Gasteiger partial charge in [0.05, 0.1) is 36.6 Å². The van der Waals surface area contributed by atoms with Crippen LogP contribution in [0.4, 0.5) is 5.82 Å². The van der Waals surface area contributed by atoms with Gasteiger partial charge in [-0.1, -0.05) is 41.4 Å².